The van der Waals surface area contributed by atoms with Crippen molar-refractivity contribution in [2.75, 3.05) is 6.61 Å². The molecule has 2 aliphatic carbocycles. The van der Waals surface area contributed by atoms with Gasteiger partial charge >= 0.3 is 0 Å². The molecule has 18 heavy (non-hydrogen) atoms. The van der Waals surface area contributed by atoms with Gasteiger partial charge in [-0.05, 0) is 43.7 Å². The molecule has 2 N–H and O–H groups in total. The third kappa shape index (κ3) is 2.19. The molecule has 0 aliphatic heterocycles. The van der Waals surface area contributed by atoms with Crippen LogP contribution < -0.4 is 5.32 Å². The van der Waals surface area contributed by atoms with Crippen LogP contribution in [-0.2, 0) is 12.8 Å². The summed E-state index contributed by atoms with van der Waals surface area (Å²) in [6.07, 6.45) is 6.64. The molecular weight excluding hydrogens is 246 g/mol. The number of hydrogen-bond donors (Lipinski definition) is 2. The zero-order chi connectivity index (χ0) is 12.5. The Morgan fingerprint density at radius 3 is 3.06 bits per heavy atom. The first-order valence-corrected chi connectivity index (χ1v) is 7.63. The molecule has 0 spiro atoms. The second-order valence-corrected chi connectivity index (χ2v) is 6.50. The molecule has 2 aliphatic rings. The van der Waals surface area contributed by atoms with Crippen molar-refractivity contribution in [2.24, 2.45) is 5.92 Å². The summed E-state index contributed by atoms with van der Waals surface area (Å²) in [5.41, 5.74) is 1.37. The topological polar surface area (TPSA) is 49.3 Å². The SMILES string of the molecule is O=C(NC1CCCC1CO)c1cc2c(s1)CCC2. The molecule has 1 aromatic rings. The lowest BCUT2D eigenvalue weighted by atomic mass is 10.1. The van der Waals surface area contributed by atoms with E-state index in [0.29, 0.717) is 0 Å². The van der Waals surface area contributed by atoms with Gasteiger partial charge in [-0.1, -0.05) is 6.42 Å². The number of amides is 1. The van der Waals surface area contributed by atoms with E-state index in [9.17, 15) is 9.90 Å². The van der Waals surface area contributed by atoms with Crippen LogP contribution in [-0.4, -0.2) is 23.7 Å². The highest BCUT2D eigenvalue weighted by Crippen LogP contribution is 2.31. The van der Waals surface area contributed by atoms with Crippen molar-refractivity contribution < 1.29 is 9.90 Å². The van der Waals surface area contributed by atoms with Crippen LogP contribution in [0, 0.1) is 5.92 Å². The van der Waals surface area contributed by atoms with Crippen LogP contribution >= 0.6 is 11.3 Å². The summed E-state index contributed by atoms with van der Waals surface area (Å²) in [4.78, 5) is 14.4. The molecule has 3 rings (SSSR count). The molecule has 1 amide bonds. The molecule has 3 nitrogen and oxygen atoms in total. The number of carbonyl (C=O) groups excluding carboxylic acids is 1. The van der Waals surface area contributed by atoms with Crippen LogP contribution in [0.3, 0.4) is 0 Å². The second-order valence-electron chi connectivity index (χ2n) is 5.37. The fourth-order valence-corrected chi connectivity index (χ4v) is 4.28. The number of aliphatic hydroxyl groups is 1. The van der Waals surface area contributed by atoms with Gasteiger partial charge in [-0.3, -0.25) is 4.79 Å². The average Bonchev–Trinajstić information content (AvgIpc) is 3.02. The Labute approximate surface area is 111 Å². The highest BCUT2D eigenvalue weighted by atomic mass is 32.1. The molecule has 4 heteroatoms. The summed E-state index contributed by atoms with van der Waals surface area (Å²) in [5, 5.41) is 12.4. The Morgan fingerprint density at radius 1 is 1.39 bits per heavy atom. The van der Waals surface area contributed by atoms with Crippen LogP contribution in [0.1, 0.15) is 45.8 Å². The quantitative estimate of drug-likeness (QED) is 0.879. The van der Waals surface area contributed by atoms with Crippen LogP contribution in [0.25, 0.3) is 0 Å². The molecule has 2 unspecified atom stereocenters. The lowest BCUT2D eigenvalue weighted by molar-refractivity contribution is 0.0920. The molecular formula is C14H19NO2S. The van der Waals surface area contributed by atoms with E-state index in [2.05, 4.69) is 11.4 Å². The van der Waals surface area contributed by atoms with Gasteiger partial charge in [-0.15, -0.1) is 11.3 Å². The third-order valence-electron chi connectivity index (χ3n) is 4.18. The van der Waals surface area contributed by atoms with Crippen molar-refractivity contribution in [3.63, 3.8) is 0 Å². The molecule has 1 fully saturated rings. The van der Waals surface area contributed by atoms with Gasteiger partial charge in [-0.25, -0.2) is 0 Å². The van der Waals surface area contributed by atoms with Crippen molar-refractivity contribution in [1.82, 2.24) is 5.32 Å². The molecule has 0 bridgehead atoms. The fourth-order valence-electron chi connectivity index (χ4n) is 3.13. The smallest absolute Gasteiger partial charge is 0.261 e. The van der Waals surface area contributed by atoms with Gasteiger partial charge < -0.3 is 10.4 Å². The maximum Gasteiger partial charge on any atom is 0.261 e. The van der Waals surface area contributed by atoms with Crippen molar-refractivity contribution in [3.8, 4) is 0 Å². The average molecular weight is 265 g/mol. The molecule has 0 radical (unpaired) electrons. The number of thiophene rings is 1. The molecule has 0 saturated heterocycles. The lowest BCUT2D eigenvalue weighted by Crippen LogP contribution is -2.38. The number of aryl methyl sites for hydroxylation is 2. The second kappa shape index (κ2) is 5.02. The van der Waals surface area contributed by atoms with E-state index < -0.39 is 0 Å². The Morgan fingerprint density at radius 2 is 2.28 bits per heavy atom. The van der Waals surface area contributed by atoms with Crippen molar-refractivity contribution in [3.05, 3.63) is 21.4 Å². The number of nitrogens with one attached hydrogen (secondary N) is 1. The van der Waals surface area contributed by atoms with Gasteiger partial charge in [0.05, 0.1) is 4.88 Å². The monoisotopic (exact) mass is 265 g/mol. The Kier molecular flexibility index (Phi) is 3.39. The van der Waals surface area contributed by atoms with Gasteiger partial charge in [0.2, 0.25) is 0 Å². The van der Waals surface area contributed by atoms with Crippen molar-refractivity contribution in [2.45, 2.75) is 44.6 Å². The highest BCUT2D eigenvalue weighted by molar-refractivity contribution is 7.14. The van der Waals surface area contributed by atoms with E-state index in [1.807, 2.05) is 0 Å². The van der Waals surface area contributed by atoms with Crippen LogP contribution in [0.5, 0.6) is 0 Å². The number of hydrogen-bond acceptors (Lipinski definition) is 3. The van der Waals surface area contributed by atoms with Gasteiger partial charge in [0.15, 0.2) is 0 Å². The zero-order valence-electron chi connectivity index (χ0n) is 10.4. The third-order valence-corrected chi connectivity index (χ3v) is 5.42. The molecule has 1 aromatic heterocycles. The number of fused-ring (bicyclic) bond motifs is 1. The minimum Gasteiger partial charge on any atom is -0.396 e. The highest BCUT2D eigenvalue weighted by Gasteiger charge is 2.29. The minimum absolute atomic E-state index is 0.0553. The maximum atomic E-state index is 12.2. The Bertz CT molecular complexity index is 433. The van der Waals surface area contributed by atoms with E-state index in [-0.39, 0.29) is 24.5 Å². The summed E-state index contributed by atoms with van der Waals surface area (Å²) in [6, 6.07) is 2.23. The number of rotatable bonds is 3. The van der Waals surface area contributed by atoms with Crippen LogP contribution in [0.2, 0.25) is 0 Å². The first kappa shape index (κ1) is 12.2. The van der Waals surface area contributed by atoms with E-state index in [1.165, 1.54) is 16.9 Å². The molecule has 2 atom stereocenters. The normalized spacial score (nSPS) is 26.3. The van der Waals surface area contributed by atoms with Crippen LogP contribution in [0.15, 0.2) is 6.07 Å². The number of aliphatic hydroxyl groups excluding tert-OH is 1. The summed E-state index contributed by atoms with van der Waals surface area (Å²) >= 11 is 1.65. The maximum absolute atomic E-state index is 12.2. The first-order valence-electron chi connectivity index (χ1n) is 6.81. The van der Waals surface area contributed by atoms with Crippen molar-refractivity contribution >= 4 is 17.2 Å². The van der Waals surface area contributed by atoms with Crippen molar-refractivity contribution in [1.29, 1.82) is 0 Å². The summed E-state index contributed by atoms with van der Waals surface area (Å²) in [7, 11) is 0. The number of carbonyl (C=O) groups is 1. The minimum atomic E-state index is 0.0553. The predicted molar refractivity (Wildman–Crippen MR) is 72.0 cm³/mol. The summed E-state index contributed by atoms with van der Waals surface area (Å²) in [5.74, 6) is 0.306. The summed E-state index contributed by atoms with van der Waals surface area (Å²) in [6.45, 7) is 0.186. The van der Waals surface area contributed by atoms with Crippen LogP contribution in [0.4, 0.5) is 0 Å². The first-order chi connectivity index (χ1) is 8.78. The van der Waals surface area contributed by atoms with Gasteiger partial charge in [0, 0.05) is 23.4 Å². The zero-order valence-corrected chi connectivity index (χ0v) is 11.3. The fraction of sp³-hybridized carbons (Fsp3) is 0.643. The Balaban J connectivity index is 1.67. The molecule has 1 saturated carbocycles. The van der Waals surface area contributed by atoms with Gasteiger partial charge in [-0.2, -0.15) is 0 Å². The largest absolute Gasteiger partial charge is 0.396 e. The van der Waals surface area contributed by atoms with E-state index in [4.69, 9.17) is 0 Å². The molecule has 98 valence electrons. The standard InChI is InChI=1S/C14H19NO2S/c16-8-10-4-1-5-11(10)15-14(17)13-7-9-3-2-6-12(9)18-13/h7,10-11,16H,1-6,8H2,(H,15,17). The van der Waals surface area contributed by atoms with Gasteiger partial charge in [0.1, 0.15) is 0 Å². The van der Waals surface area contributed by atoms with E-state index in [0.717, 1.165) is 37.0 Å². The Hall–Kier alpha value is -0.870. The van der Waals surface area contributed by atoms with E-state index >= 15 is 0 Å². The summed E-state index contributed by atoms with van der Waals surface area (Å²) < 4.78 is 0. The van der Waals surface area contributed by atoms with Gasteiger partial charge in [0.25, 0.3) is 5.91 Å². The molecule has 1 heterocycles. The predicted octanol–water partition coefficient (Wildman–Crippen LogP) is 2.13. The lowest BCUT2D eigenvalue weighted by Gasteiger charge is -2.18. The van der Waals surface area contributed by atoms with E-state index in [1.54, 1.807) is 11.3 Å². The molecule has 0 aromatic carbocycles.